The van der Waals surface area contributed by atoms with Gasteiger partial charge in [-0.1, -0.05) is 11.3 Å². The number of rotatable bonds is 2. The van der Waals surface area contributed by atoms with Gasteiger partial charge in [-0.2, -0.15) is 0 Å². The van der Waals surface area contributed by atoms with Gasteiger partial charge in [0.1, 0.15) is 15.7 Å². The molecule has 5 nitrogen and oxygen atoms in total. The summed E-state index contributed by atoms with van der Waals surface area (Å²) in [7, 11) is 0. The first-order valence-corrected chi connectivity index (χ1v) is 5.01. The van der Waals surface area contributed by atoms with E-state index in [1.165, 1.54) is 18.3 Å². The molecule has 0 fully saturated rings. The van der Waals surface area contributed by atoms with Crippen LogP contribution in [0.5, 0.6) is 0 Å². The number of carboxylic acids is 1. The summed E-state index contributed by atoms with van der Waals surface area (Å²) in [6.07, 6.45) is 1.40. The molecule has 82 valence electrons. The molecule has 2 aromatic heterocycles. The number of aromatic nitrogens is 2. The van der Waals surface area contributed by atoms with Crippen molar-refractivity contribution >= 4 is 22.3 Å². The van der Waals surface area contributed by atoms with Crippen molar-refractivity contribution in [2.24, 2.45) is 0 Å². The summed E-state index contributed by atoms with van der Waals surface area (Å²) < 4.78 is 13.3. The normalized spacial score (nSPS) is 10.3. The van der Waals surface area contributed by atoms with Crippen LogP contribution in [0.2, 0.25) is 0 Å². The van der Waals surface area contributed by atoms with Gasteiger partial charge in [0.25, 0.3) is 0 Å². The zero-order valence-corrected chi connectivity index (χ0v) is 8.66. The number of hydrogen-bond acceptors (Lipinski definition) is 5. The van der Waals surface area contributed by atoms with E-state index in [9.17, 15) is 9.18 Å². The average Bonchev–Trinajstić information content (AvgIpc) is 2.61. The fourth-order valence-corrected chi connectivity index (χ4v) is 1.95. The molecule has 0 bridgehead atoms. The maximum absolute atomic E-state index is 13.3. The van der Waals surface area contributed by atoms with Gasteiger partial charge in [0.2, 0.25) is 0 Å². The number of hydrogen-bond donors (Lipinski definition) is 2. The Hall–Kier alpha value is -2.02. The largest absolute Gasteiger partial charge is 0.476 e. The Balaban J connectivity index is 2.54. The van der Waals surface area contributed by atoms with Gasteiger partial charge in [0.05, 0.1) is 0 Å². The third-order valence-electron chi connectivity index (χ3n) is 1.82. The Kier molecular flexibility index (Phi) is 2.53. The smallest absolute Gasteiger partial charge is 0.357 e. The molecule has 0 aliphatic carbocycles. The van der Waals surface area contributed by atoms with E-state index in [0.29, 0.717) is 0 Å². The van der Waals surface area contributed by atoms with Crippen LogP contribution in [0.15, 0.2) is 18.3 Å². The fraction of sp³-hybridized carbons (Fsp3) is 0. The number of anilines is 1. The van der Waals surface area contributed by atoms with Crippen molar-refractivity contribution in [1.29, 1.82) is 0 Å². The Morgan fingerprint density at radius 1 is 1.56 bits per heavy atom. The topological polar surface area (TPSA) is 89.1 Å². The Morgan fingerprint density at radius 3 is 2.88 bits per heavy atom. The molecule has 0 amide bonds. The summed E-state index contributed by atoms with van der Waals surface area (Å²) in [5.41, 5.74) is 5.19. The molecular formula is C9H6FN3O2S. The van der Waals surface area contributed by atoms with Gasteiger partial charge in [-0.05, 0) is 12.1 Å². The van der Waals surface area contributed by atoms with Crippen molar-refractivity contribution in [1.82, 2.24) is 9.97 Å². The van der Waals surface area contributed by atoms with Gasteiger partial charge in [-0.3, -0.25) is 4.98 Å². The molecule has 7 heteroatoms. The number of pyridine rings is 1. The van der Waals surface area contributed by atoms with Crippen LogP contribution in [0.1, 0.15) is 10.5 Å². The second-order valence-electron chi connectivity index (χ2n) is 2.87. The first-order valence-electron chi connectivity index (χ1n) is 4.20. The van der Waals surface area contributed by atoms with Crippen LogP contribution >= 0.6 is 11.3 Å². The maximum atomic E-state index is 13.3. The summed E-state index contributed by atoms with van der Waals surface area (Å²) in [5.74, 6) is -1.80. The number of nitrogens with zero attached hydrogens (tertiary/aromatic N) is 2. The fourth-order valence-electron chi connectivity index (χ4n) is 1.13. The summed E-state index contributed by atoms with van der Waals surface area (Å²) in [4.78, 5) is 18.2. The molecule has 2 heterocycles. The molecule has 0 saturated carbocycles. The number of thiazole rings is 1. The number of nitrogens with two attached hydrogens (primary N) is 1. The molecule has 2 aromatic rings. The van der Waals surface area contributed by atoms with Crippen molar-refractivity contribution in [2.45, 2.75) is 0 Å². The second-order valence-corrected chi connectivity index (χ2v) is 3.90. The van der Waals surface area contributed by atoms with E-state index in [4.69, 9.17) is 10.8 Å². The van der Waals surface area contributed by atoms with Crippen LogP contribution in [0.3, 0.4) is 0 Å². The number of carboxylic acid groups (broad SMARTS) is 1. The first kappa shape index (κ1) is 10.5. The average molecular weight is 239 g/mol. The summed E-state index contributed by atoms with van der Waals surface area (Å²) in [5, 5.41) is 8.94. The highest BCUT2D eigenvalue weighted by Gasteiger charge is 2.18. The molecule has 0 atom stereocenters. The predicted molar refractivity (Wildman–Crippen MR) is 56.7 cm³/mol. The van der Waals surface area contributed by atoms with Crippen molar-refractivity contribution in [2.75, 3.05) is 5.73 Å². The molecular weight excluding hydrogens is 233 g/mol. The third-order valence-corrected chi connectivity index (χ3v) is 2.71. The number of carbonyl (C=O) groups is 1. The zero-order chi connectivity index (χ0) is 11.7. The predicted octanol–water partition coefficient (Wildman–Crippen LogP) is 1.62. The molecule has 0 aliphatic heterocycles. The van der Waals surface area contributed by atoms with Crippen LogP contribution in [0.25, 0.3) is 10.7 Å². The van der Waals surface area contributed by atoms with Gasteiger partial charge in [0.15, 0.2) is 11.5 Å². The summed E-state index contributed by atoms with van der Waals surface area (Å²) >= 11 is 0.893. The standard InChI is InChI=1S/C9H6FN3O2S/c10-4-2-1-3-12-5(4)8-13-6(9(14)15)7(11)16-8/h1-3H,11H2,(H,14,15). The molecule has 0 aliphatic rings. The van der Waals surface area contributed by atoms with Crippen LogP contribution < -0.4 is 5.73 Å². The molecule has 16 heavy (non-hydrogen) atoms. The molecule has 2 rings (SSSR count). The van der Waals surface area contributed by atoms with E-state index < -0.39 is 11.8 Å². The minimum atomic E-state index is -1.24. The van der Waals surface area contributed by atoms with Crippen LogP contribution in [0.4, 0.5) is 9.39 Å². The molecule has 0 radical (unpaired) electrons. The number of halogens is 1. The Morgan fingerprint density at radius 2 is 2.31 bits per heavy atom. The molecule has 0 saturated heterocycles. The quantitative estimate of drug-likeness (QED) is 0.831. The third kappa shape index (κ3) is 1.72. The SMILES string of the molecule is Nc1sc(-c2ncccc2F)nc1C(=O)O. The van der Waals surface area contributed by atoms with Crippen molar-refractivity contribution in [3.05, 3.63) is 29.8 Å². The van der Waals surface area contributed by atoms with Gasteiger partial charge in [0, 0.05) is 6.20 Å². The van der Waals surface area contributed by atoms with E-state index in [2.05, 4.69) is 9.97 Å². The van der Waals surface area contributed by atoms with E-state index in [-0.39, 0.29) is 21.4 Å². The molecule has 0 unspecified atom stereocenters. The lowest BCUT2D eigenvalue weighted by Gasteiger charge is -1.95. The van der Waals surface area contributed by atoms with Crippen LogP contribution in [-0.4, -0.2) is 21.0 Å². The van der Waals surface area contributed by atoms with Gasteiger partial charge in [-0.25, -0.2) is 14.2 Å². The Labute approximate surface area is 93.4 Å². The summed E-state index contributed by atoms with van der Waals surface area (Å²) in [6.45, 7) is 0. The zero-order valence-electron chi connectivity index (χ0n) is 7.85. The minimum absolute atomic E-state index is 0.00620. The lowest BCUT2D eigenvalue weighted by Crippen LogP contribution is -2.00. The van der Waals surface area contributed by atoms with Crippen LogP contribution in [-0.2, 0) is 0 Å². The number of aromatic carboxylic acids is 1. The highest BCUT2D eigenvalue weighted by atomic mass is 32.1. The second kappa shape index (κ2) is 3.86. The first-order chi connectivity index (χ1) is 7.59. The van der Waals surface area contributed by atoms with Gasteiger partial charge in [-0.15, -0.1) is 0 Å². The van der Waals surface area contributed by atoms with Crippen LogP contribution in [0, 0.1) is 5.82 Å². The van der Waals surface area contributed by atoms with Gasteiger partial charge >= 0.3 is 5.97 Å². The molecule has 0 spiro atoms. The van der Waals surface area contributed by atoms with E-state index in [1.54, 1.807) is 0 Å². The van der Waals surface area contributed by atoms with E-state index in [1.807, 2.05) is 0 Å². The number of nitrogen functional groups attached to an aromatic ring is 1. The van der Waals surface area contributed by atoms with Crippen molar-refractivity contribution in [3.63, 3.8) is 0 Å². The Bertz CT molecular complexity index is 555. The lowest BCUT2D eigenvalue weighted by molar-refractivity contribution is 0.0692. The highest BCUT2D eigenvalue weighted by molar-refractivity contribution is 7.19. The van der Waals surface area contributed by atoms with Crippen molar-refractivity contribution in [3.8, 4) is 10.7 Å². The monoisotopic (exact) mass is 239 g/mol. The van der Waals surface area contributed by atoms with E-state index in [0.717, 1.165) is 11.3 Å². The summed E-state index contributed by atoms with van der Waals surface area (Å²) in [6, 6.07) is 2.66. The maximum Gasteiger partial charge on any atom is 0.357 e. The highest BCUT2D eigenvalue weighted by Crippen LogP contribution is 2.29. The lowest BCUT2D eigenvalue weighted by atomic mass is 10.3. The molecule has 3 N–H and O–H groups in total. The van der Waals surface area contributed by atoms with Gasteiger partial charge < -0.3 is 10.8 Å². The molecule has 0 aromatic carbocycles. The van der Waals surface area contributed by atoms with Crippen molar-refractivity contribution < 1.29 is 14.3 Å². The van der Waals surface area contributed by atoms with E-state index >= 15 is 0 Å². The minimum Gasteiger partial charge on any atom is -0.476 e.